The molecule has 0 atom stereocenters. The first-order chi connectivity index (χ1) is 8.49. The second-order valence-electron chi connectivity index (χ2n) is 4.45. The van der Waals surface area contributed by atoms with E-state index in [4.69, 9.17) is 16.0 Å². The molecule has 1 aromatic heterocycles. The Hall–Kier alpha value is -1.87. The van der Waals surface area contributed by atoms with Crippen LogP contribution in [0.15, 0.2) is 22.6 Å². The lowest BCUT2D eigenvalue weighted by Gasteiger charge is -2.03. The Morgan fingerprint density at radius 1 is 1.00 bits per heavy atom. The van der Waals surface area contributed by atoms with Crippen molar-refractivity contribution in [3.8, 4) is 11.5 Å². The number of phenolic OH excluding ortho intramolecular Hbond substituents is 2. The van der Waals surface area contributed by atoms with Gasteiger partial charge in [0.15, 0.2) is 0 Å². The summed E-state index contributed by atoms with van der Waals surface area (Å²) >= 11 is 6.06. The number of fused-ring (bicyclic) bond motifs is 3. The molecule has 0 saturated carbocycles. The molecule has 92 valence electrons. The molecule has 4 heteroatoms. The lowest BCUT2D eigenvalue weighted by atomic mass is 10.0. The summed E-state index contributed by atoms with van der Waals surface area (Å²) in [5.74, 6) is 0.162. The van der Waals surface area contributed by atoms with E-state index in [1.807, 2.05) is 13.8 Å². The Bertz CT molecular complexity index is 787. The Morgan fingerprint density at radius 2 is 1.67 bits per heavy atom. The SMILES string of the molecule is Cc1cc(O)cc2oc3cc(O)c(Cl)c(C)c3c12. The van der Waals surface area contributed by atoms with E-state index >= 15 is 0 Å². The van der Waals surface area contributed by atoms with Crippen LogP contribution in [-0.4, -0.2) is 10.2 Å². The van der Waals surface area contributed by atoms with E-state index in [9.17, 15) is 10.2 Å². The molecule has 0 aliphatic heterocycles. The normalized spacial score (nSPS) is 11.5. The average Bonchev–Trinajstić information content (AvgIpc) is 2.64. The third kappa shape index (κ3) is 1.37. The summed E-state index contributed by atoms with van der Waals surface area (Å²) in [6, 6.07) is 4.74. The standard InChI is InChI=1S/C14H11ClO3/c1-6-3-8(16)4-10-12(6)13-7(2)14(15)9(17)5-11(13)18-10/h3-5,16-17H,1-2H3. The first-order valence-electron chi connectivity index (χ1n) is 5.53. The van der Waals surface area contributed by atoms with Gasteiger partial charge in [-0.05, 0) is 31.0 Å². The maximum Gasteiger partial charge on any atom is 0.139 e. The van der Waals surface area contributed by atoms with Gasteiger partial charge in [-0.15, -0.1) is 0 Å². The van der Waals surface area contributed by atoms with Gasteiger partial charge < -0.3 is 14.6 Å². The summed E-state index contributed by atoms with van der Waals surface area (Å²) in [7, 11) is 0. The van der Waals surface area contributed by atoms with Gasteiger partial charge in [-0.2, -0.15) is 0 Å². The van der Waals surface area contributed by atoms with E-state index in [-0.39, 0.29) is 11.5 Å². The van der Waals surface area contributed by atoms with Gasteiger partial charge in [0, 0.05) is 22.9 Å². The number of phenols is 2. The second kappa shape index (κ2) is 3.56. The van der Waals surface area contributed by atoms with Crippen molar-refractivity contribution in [2.75, 3.05) is 0 Å². The number of halogens is 1. The van der Waals surface area contributed by atoms with E-state index in [2.05, 4.69) is 0 Å². The number of hydrogen-bond acceptors (Lipinski definition) is 3. The number of aromatic hydroxyl groups is 2. The molecule has 0 aliphatic rings. The molecule has 3 rings (SSSR count). The largest absolute Gasteiger partial charge is 0.508 e. The molecule has 0 fully saturated rings. The van der Waals surface area contributed by atoms with Crippen LogP contribution in [0.2, 0.25) is 5.02 Å². The predicted molar refractivity (Wildman–Crippen MR) is 71.5 cm³/mol. The molecule has 0 saturated heterocycles. The van der Waals surface area contributed by atoms with Gasteiger partial charge in [0.2, 0.25) is 0 Å². The Morgan fingerprint density at radius 3 is 2.39 bits per heavy atom. The van der Waals surface area contributed by atoms with E-state index in [1.54, 1.807) is 12.1 Å². The van der Waals surface area contributed by atoms with Crippen molar-refractivity contribution in [3.05, 3.63) is 34.3 Å². The van der Waals surface area contributed by atoms with Crippen molar-refractivity contribution in [2.24, 2.45) is 0 Å². The van der Waals surface area contributed by atoms with Crippen LogP contribution in [0.4, 0.5) is 0 Å². The maximum atomic E-state index is 9.71. The summed E-state index contributed by atoms with van der Waals surface area (Å²) < 4.78 is 5.65. The Labute approximate surface area is 108 Å². The molecule has 1 heterocycles. The van der Waals surface area contributed by atoms with Crippen LogP contribution < -0.4 is 0 Å². The second-order valence-corrected chi connectivity index (χ2v) is 4.82. The summed E-state index contributed by atoms with van der Waals surface area (Å²) in [5, 5.41) is 21.4. The highest BCUT2D eigenvalue weighted by Crippen LogP contribution is 2.41. The van der Waals surface area contributed by atoms with Gasteiger partial charge in [0.05, 0.1) is 5.02 Å². The zero-order valence-electron chi connectivity index (χ0n) is 9.91. The van der Waals surface area contributed by atoms with Gasteiger partial charge in [-0.25, -0.2) is 0 Å². The van der Waals surface area contributed by atoms with Gasteiger partial charge in [-0.3, -0.25) is 0 Å². The molecule has 0 unspecified atom stereocenters. The van der Waals surface area contributed by atoms with Crippen LogP contribution in [0.1, 0.15) is 11.1 Å². The minimum atomic E-state index is 0.00241. The molecule has 2 aromatic carbocycles. The highest BCUT2D eigenvalue weighted by molar-refractivity contribution is 6.34. The molecule has 3 aromatic rings. The van der Waals surface area contributed by atoms with Gasteiger partial charge >= 0.3 is 0 Å². The molecule has 0 amide bonds. The Kier molecular flexibility index (Phi) is 2.22. The molecule has 0 radical (unpaired) electrons. The quantitative estimate of drug-likeness (QED) is 0.636. The van der Waals surface area contributed by atoms with Crippen molar-refractivity contribution in [1.29, 1.82) is 0 Å². The van der Waals surface area contributed by atoms with Crippen LogP contribution in [0.3, 0.4) is 0 Å². The van der Waals surface area contributed by atoms with Crippen molar-refractivity contribution in [1.82, 2.24) is 0 Å². The zero-order valence-corrected chi connectivity index (χ0v) is 10.7. The molecule has 18 heavy (non-hydrogen) atoms. The predicted octanol–water partition coefficient (Wildman–Crippen LogP) is 4.27. The number of benzene rings is 2. The topological polar surface area (TPSA) is 53.6 Å². The van der Waals surface area contributed by atoms with Crippen LogP contribution in [0.5, 0.6) is 11.5 Å². The van der Waals surface area contributed by atoms with Crippen molar-refractivity contribution < 1.29 is 14.6 Å². The van der Waals surface area contributed by atoms with Gasteiger partial charge in [0.1, 0.15) is 22.7 Å². The third-order valence-corrected chi connectivity index (χ3v) is 3.67. The highest BCUT2D eigenvalue weighted by atomic mass is 35.5. The Balaban J connectivity index is 2.62. The first kappa shape index (κ1) is 11.2. The molecular weight excluding hydrogens is 252 g/mol. The highest BCUT2D eigenvalue weighted by Gasteiger charge is 2.16. The fourth-order valence-corrected chi connectivity index (χ4v) is 2.54. The van der Waals surface area contributed by atoms with Gasteiger partial charge in [-0.1, -0.05) is 11.6 Å². The minimum absolute atomic E-state index is 0.00241. The first-order valence-corrected chi connectivity index (χ1v) is 5.90. The van der Waals surface area contributed by atoms with Crippen LogP contribution in [0, 0.1) is 13.8 Å². The van der Waals surface area contributed by atoms with Gasteiger partial charge in [0.25, 0.3) is 0 Å². The molecule has 0 bridgehead atoms. The fourth-order valence-electron chi connectivity index (χ4n) is 2.39. The summed E-state index contributed by atoms with van der Waals surface area (Å²) in [6.07, 6.45) is 0. The molecule has 2 N–H and O–H groups in total. The smallest absolute Gasteiger partial charge is 0.139 e. The minimum Gasteiger partial charge on any atom is -0.508 e. The lowest BCUT2D eigenvalue weighted by Crippen LogP contribution is -1.81. The summed E-state index contributed by atoms with van der Waals surface area (Å²) in [5.41, 5.74) is 2.85. The molecule has 3 nitrogen and oxygen atoms in total. The summed E-state index contributed by atoms with van der Waals surface area (Å²) in [6.45, 7) is 3.74. The van der Waals surface area contributed by atoms with Crippen molar-refractivity contribution >= 4 is 33.5 Å². The molecule has 0 spiro atoms. The van der Waals surface area contributed by atoms with Crippen LogP contribution in [-0.2, 0) is 0 Å². The van der Waals surface area contributed by atoms with E-state index < -0.39 is 0 Å². The van der Waals surface area contributed by atoms with Crippen molar-refractivity contribution in [2.45, 2.75) is 13.8 Å². The van der Waals surface area contributed by atoms with E-state index in [0.29, 0.717) is 16.2 Å². The summed E-state index contributed by atoms with van der Waals surface area (Å²) in [4.78, 5) is 0. The number of aryl methyl sites for hydroxylation is 2. The monoisotopic (exact) mass is 262 g/mol. The van der Waals surface area contributed by atoms with E-state index in [1.165, 1.54) is 6.07 Å². The fraction of sp³-hybridized carbons (Fsp3) is 0.143. The van der Waals surface area contributed by atoms with Crippen LogP contribution in [0.25, 0.3) is 21.9 Å². The molecule has 0 aliphatic carbocycles. The number of furan rings is 1. The van der Waals surface area contributed by atoms with E-state index in [0.717, 1.165) is 21.9 Å². The zero-order chi connectivity index (χ0) is 13.0. The third-order valence-electron chi connectivity index (χ3n) is 3.20. The average molecular weight is 263 g/mol. The van der Waals surface area contributed by atoms with Crippen molar-refractivity contribution in [3.63, 3.8) is 0 Å². The number of rotatable bonds is 0. The molecular formula is C14H11ClO3. The maximum absolute atomic E-state index is 9.71. The lowest BCUT2D eigenvalue weighted by molar-refractivity contribution is 0.474. The number of hydrogen-bond donors (Lipinski definition) is 2. The van der Waals surface area contributed by atoms with Crippen LogP contribution >= 0.6 is 11.6 Å².